The van der Waals surface area contributed by atoms with Crippen molar-refractivity contribution in [2.24, 2.45) is 0 Å². The molecule has 0 amide bonds. The molecule has 0 fully saturated rings. The Hall–Kier alpha value is -0.700. The van der Waals surface area contributed by atoms with Gasteiger partial charge in [0.2, 0.25) is 10.0 Å². The van der Waals surface area contributed by atoms with Crippen LogP contribution >= 0.6 is 15.9 Å². The summed E-state index contributed by atoms with van der Waals surface area (Å²) in [5, 5.41) is 8.70. The summed E-state index contributed by atoms with van der Waals surface area (Å²) < 4.78 is 39.9. The largest absolute Gasteiger partial charge is 0.398 e. The number of nitrogen functional groups attached to an aromatic ring is 1. The van der Waals surface area contributed by atoms with Crippen LogP contribution in [0, 0.1) is 5.82 Å². The van der Waals surface area contributed by atoms with Gasteiger partial charge in [-0.15, -0.1) is 0 Å². The molecule has 4 N–H and O–H groups in total. The van der Waals surface area contributed by atoms with Crippen molar-refractivity contribution < 1.29 is 17.9 Å². The predicted molar refractivity (Wildman–Crippen MR) is 74.6 cm³/mol. The Morgan fingerprint density at radius 2 is 2.16 bits per heavy atom. The maximum atomic E-state index is 13.2. The van der Waals surface area contributed by atoms with E-state index < -0.39 is 15.8 Å². The van der Waals surface area contributed by atoms with Crippen molar-refractivity contribution in [2.45, 2.75) is 30.7 Å². The number of nitrogens with two attached hydrogens (primary N) is 1. The van der Waals surface area contributed by atoms with E-state index in [9.17, 15) is 12.8 Å². The summed E-state index contributed by atoms with van der Waals surface area (Å²) in [6.07, 6.45) is 0.990. The number of nitrogens with one attached hydrogen (secondary N) is 1. The van der Waals surface area contributed by atoms with E-state index in [0.717, 1.165) is 12.1 Å². The molecule has 1 aromatic carbocycles. The van der Waals surface area contributed by atoms with E-state index in [2.05, 4.69) is 20.7 Å². The lowest BCUT2D eigenvalue weighted by molar-refractivity contribution is 0.279. The molecule has 5 nitrogen and oxygen atoms in total. The maximum Gasteiger partial charge on any atom is 0.242 e. The van der Waals surface area contributed by atoms with Crippen molar-refractivity contribution in [3.05, 3.63) is 22.4 Å². The summed E-state index contributed by atoms with van der Waals surface area (Å²) in [7, 11) is -3.81. The first-order chi connectivity index (χ1) is 8.77. The molecule has 1 atom stereocenters. The first-order valence-electron chi connectivity index (χ1n) is 5.65. The number of hydrogen-bond donors (Lipinski definition) is 3. The topological polar surface area (TPSA) is 92.4 Å². The normalized spacial score (nSPS) is 13.5. The van der Waals surface area contributed by atoms with Crippen molar-refractivity contribution >= 4 is 31.6 Å². The summed E-state index contributed by atoms with van der Waals surface area (Å²) in [4.78, 5) is -0.170. The van der Waals surface area contributed by atoms with Gasteiger partial charge in [0.25, 0.3) is 0 Å². The fraction of sp³-hybridized carbons (Fsp3) is 0.455. The van der Waals surface area contributed by atoms with E-state index in [0.29, 0.717) is 12.8 Å². The van der Waals surface area contributed by atoms with E-state index >= 15 is 0 Å². The second-order valence-corrected chi connectivity index (χ2v) is 6.73. The highest BCUT2D eigenvalue weighted by molar-refractivity contribution is 9.10. The molecule has 19 heavy (non-hydrogen) atoms. The highest BCUT2D eigenvalue weighted by Gasteiger charge is 2.21. The van der Waals surface area contributed by atoms with Crippen LogP contribution in [0.4, 0.5) is 10.1 Å². The Labute approximate surface area is 120 Å². The summed E-state index contributed by atoms with van der Waals surface area (Å²) in [6.45, 7) is 1.68. The average molecular weight is 355 g/mol. The number of sulfonamides is 1. The Balaban J connectivity index is 2.98. The molecule has 8 heteroatoms. The lowest BCUT2D eigenvalue weighted by Crippen LogP contribution is -2.33. The molecule has 0 aromatic heterocycles. The van der Waals surface area contributed by atoms with Crippen molar-refractivity contribution in [1.82, 2.24) is 4.72 Å². The third kappa shape index (κ3) is 4.41. The number of rotatable bonds is 6. The molecule has 0 bridgehead atoms. The Bertz CT molecular complexity index is 551. The van der Waals surface area contributed by atoms with Crippen LogP contribution in [0.15, 0.2) is 21.5 Å². The van der Waals surface area contributed by atoms with Crippen LogP contribution in [-0.2, 0) is 10.0 Å². The van der Waals surface area contributed by atoms with Gasteiger partial charge >= 0.3 is 0 Å². The molecule has 108 valence electrons. The van der Waals surface area contributed by atoms with E-state index in [1.165, 1.54) is 0 Å². The molecule has 0 radical (unpaired) electrons. The molecule has 0 saturated carbocycles. The van der Waals surface area contributed by atoms with Crippen LogP contribution in [0.2, 0.25) is 0 Å². The van der Waals surface area contributed by atoms with Crippen LogP contribution in [0.25, 0.3) is 0 Å². The molecule has 1 rings (SSSR count). The van der Waals surface area contributed by atoms with Gasteiger partial charge in [-0.25, -0.2) is 17.5 Å². The molecule has 0 aliphatic carbocycles. The highest BCUT2D eigenvalue weighted by Crippen LogP contribution is 2.26. The molecular weight excluding hydrogens is 339 g/mol. The number of aliphatic hydroxyl groups excluding tert-OH is 1. The molecule has 0 spiro atoms. The van der Waals surface area contributed by atoms with E-state index in [4.69, 9.17) is 10.8 Å². The zero-order valence-corrected chi connectivity index (χ0v) is 12.8. The summed E-state index contributed by atoms with van der Waals surface area (Å²) in [5.41, 5.74) is 5.38. The van der Waals surface area contributed by atoms with Gasteiger partial charge < -0.3 is 10.8 Å². The van der Waals surface area contributed by atoms with Crippen molar-refractivity contribution in [3.63, 3.8) is 0 Å². The number of benzene rings is 1. The fourth-order valence-corrected chi connectivity index (χ4v) is 3.47. The molecule has 0 heterocycles. The van der Waals surface area contributed by atoms with E-state index in [-0.39, 0.29) is 27.7 Å². The zero-order chi connectivity index (χ0) is 14.6. The lowest BCUT2D eigenvalue weighted by Gasteiger charge is -2.15. The van der Waals surface area contributed by atoms with Crippen LogP contribution in [0.5, 0.6) is 0 Å². The number of anilines is 1. The first-order valence-corrected chi connectivity index (χ1v) is 7.93. The fourth-order valence-electron chi connectivity index (χ4n) is 1.56. The standard InChI is InChI=1S/C11H16BrFN2O3S/c1-7(3-2-4-16)15-19(17,18)11-5-8(12)9(13)6-10(11)14/h5-7,15-16H,2-4,14H2,1H3. The van der Waals surface area contributed by atoms with Gasteiger partial charge in [-0.1, -0.05) is 0 Å². The molecule has 0 saturated heterocycles. The van der Waals surface area contributed by atoms with Crippen molar-refractivity contribution in [3.8, 4) is 0 Å². The first kappa shape index (κ1) is 16.4. The molecule has 0 aliphatic rings. The third-order valence-corrected chi connectivity index (χ3v) is 4.75. The zero-order valence-electron chi connectivity index (χ0n) is 10.4. The minimum Gasteiger partial charge on any atom is -0.398 e. The Kier molecular flexibility index (Phi) is 5.72. The van der Waals surface area contributed by atoms with Crippen molar-refractivity contribution in [1.29, 1.82) is 0 Å². The monoisotopic (exact) mass is 354 g/mol. The van der Waals surface area contributed by atoms with Gasteiger partial charge in [-0.05, 0) is 47.8 Å². The molecule has 1 aromatic rings. The van der Waals surface area contributed by atoms with Crippen molar-refractivity contribution in [2.75, 3.05) is 12.3 Å². The third-order valence-electron chi connectivity index (χ3n) is 2.49. The van der Waals surface area contributed by atoms with Gasteiger partial charge in [-0.3, -0.25) is 0 Å². The molecular formula is C11H16BrFN2O3S. The van der Waals surface area contributed by atoms with E-state index in [1.54, 1.807) is 6.92 Å². The summed E-state index contributed by atoms with van der Waals surface area (Å²) in [6, 6.07) is 1.74. The van der Waals surface area contributed by atoms with Crippen LogP contribution in [-0.4, -0.2) is 26.2 Å². The summed E-state index contributed by atoms with van der Waals surface area (Å²) in [5.74, 6) is -0.621. The van der Waals surface area contributed by atoms with Gasteiger partial charge in [0.05, 0.1) is 10.2 Å². The SMILES string of the molecule is CC(CCCO)NS(=O)(=O)c1cc(Br)c(F)cc1N. The van der Waals surface area contributed by atoms with Crippen LogP contribution < -0.4 is 10.5 Å². The molecule has 1 unspecified atom stereocenters. The number of aliphatic hydroxyl groups is 1. The second kappa shape index (κ2) is 6.65. The van der Waals surface area contributed by atoms with E-state index in [1.807, 2.05) is 0 Å². The van der Waals surface area contributed by atoms with Gasteiger partial charge in [0, 0.05) is 12.6 Å². The lowest BCUT2D eigenvalue weighted by atomic mass is 10.2. The van der Waals surface area contributed by atoms with Crippen LogP contribution in [0.3, 0.4) is 0 Å². The number of hydrogen-bond acceptors (Lipinski definition) is 4. The second-order valence-electron chi connectivity index (χ2n) is 4.19. The minimum absolute atomic E-state index is 0.00367. The highest BCUT2D eigenvalue weighted by atomic mass is 79.9. The Morgan fingerprint density at radius 3 is 2.74 bits per heavy atom. The number of halogens is 2. The maximum absolute atomic E-state index is 13.2. The Morgan fingerprint density at radius 1 is 1.53 bits per heavy atom. The van der Waals surface area contributed by atoms with Gasteiger partial charge in [0.15, 0.2) is 0 Å². The van der Waals surface area contributed by atoms with Gasteiger partial charge in [-0.2, -0.15) is 0 Å². The predicted octanol–water partition coefficient (Wildman–Crippen LogP) is 1.61. The smallest absolute Gasteiger partial charge is 0.242 e. The quantitative estimate of drug-likeness (QED) is 0.676. The summed E-state index contributed by atoms with van der Waals surface area (Å²) >= 11 is 2.93. The molecule has 0 aliphatic heterocycles. The van der Waals surface area contributed by atoms with Gasteiger partial charge in [0.1, 0.15) is 10.7 Å². The minimum atomic E-state index is -3.81. The van der Waals surface area contributed by atoms with Crippen LogP contribution in [0.1, 0.15) is 19.8 Å². The average Bonchev–Trinajstić information content (AvgIpc) is 2.30.